The third-order valence-corrected chi connectivity index (χ3v) is 3.51. The molecule has 5 heteroatoms. The molecule has 2 aromatic carbocycles. The van der Waals surface area contributed by atoms with Gasteiger partial charge in [0.05, 0.1) is 0 Å². The highest BCUT2D eigenvalue weighted by atomic mass is 31.2. The molecule has 0 N–H and O–H groups in total. The summed E-state index contributed by atoms with van der Waals surface area (Å²) in [5.74, 6) is 9.66. The van der Waals surface area contributed by atoms with Gasteiger partial charge in [0.15, 0.2) is 0 Å². The van der Waals surface area contributed by atoms with Crippen LogP contribution in [0.15, 0.2) is 60.7 Å². The molecular formula is C18H15O4P. The number of benzene rings is 2. The Hall–Kier alpha value is -3.25. The normalized spacial score (nSPS) is 9.17. The van der Waals surface area contributed by atoms with E-state index in [-0.39, 0.29) is 2.85 Å². The molecular weight excluding hydrogens is 311 g/mol. The molecule has 4 nitrogen and oxygen atoms in total. The van der Waals surface area contributed by atoms with Crippen molar-refractivity contribution in [2.24, 2.45) is 0 Å². The standard InChI is InChI=1S/C18H11O4P.2H2/c1-2-3-4-11-16-20-23(19,21-17-12-7-5-8-13-17)22-18-14-9-6-10-15-18;;/h1,5-10,12-15H;2*1H. The second kappa shape index (κ2) is 8.26. The molecule has 0 unspecified atom stereocenters. The van der Waals surface area contributed by atoms with Crippen LogP contribution in [0, 0.1) is 36.2 Å². The summed E-state index contributed by atoms with van der Waals surface area (Å²) in [5, 5.41) is 0. The molecule has 116 valence electrons. The molecule has 0 aromatic heterocycles. The first-order valence-corrected chi connectivity index (χ1v) is 7.91. The van der Waals surface area contributed by atoms with Crippen LogP contribution in [0.2, 0.25) is 0 Å². The number of phosphoric acid groups is 1. The summed E-state index contributed by atoms with van der Waals surface area (Å²) in [6.45, 7) is 0. The third kappa shape index (κ3) is 5.56. The van der Waals surface area contributed by atoms with Crippen LogP contribution >= 0.6 is 7.82 Å². The van der Waals surface area contributed by atoms with Crippen LogP contribution in [0.3, 0.4) is 0 Å². The van der Waals surface area contributed by atoms with Crippen LogP contribution in [0.4, 0.5) is 0 Å². The van der Waals surface area contributed by atoms with Crippen molar-refractivity contribution in [1.82, 2.24) is 0 Å². The van der Waals surface area contributed by atoms with Gasteiger partial charge < -0.3 is 13.6 Å². The van der Waals surface area contributed by atoms with Gasteiger partial charge in [0.2, 0.25) is 0 Å². The van der Waals surface area contributed by atoms with Crippen molar-refractivity contribution in [3.05, 3.63) is 60.7 Å². The van der Waals surface area contributed by atoms with E-state index in [1.54, 1.807) is 60.7 Å². The van der Waals surface area contributed by atoms with Crippen molar-refractivity contribution >= 4 is 7.82 Å². The Kier molecular flexibility index (Phi) is 5.79. The molecule has 23 heavy (non-hydrogen) atoms. The van der Waals surface area contributed by atoms with Gasteiger partial charge in [0.25, 0.3) is 0 Å². The summed E-state index contributed by atoms with van der Waals surface area (Å²) in [7, 11) is -4.00. The van der Waals surface area contributed by atoms with Gasteiger partial charge in [-0.25, -0.2) is 0 Å². The molecule has 0 radical (unpaired) electrons. The lowest BCUT2D eigenvalue weighted by atomic mass is 10.3. The molecule has 0 aliphatic heterocycles. The lowest BCUT2D eigenvalue weighted by Gasteiger charge is -2.15. The first-order chi connectivity index (χ1) is 11.2. The van der Waals surface area contributed by atoms with E-state index in [1.807, 2.05) is 0 Å². The number of hydrogen-bond acceptors (Lipinski definition) is 4. The number of hydrogen-bond donors (Lipinski definition) is 0. The van der Waals surface area contributed by atoms with E-state index in [9.17, 15) is 4.57 Å². The number of terminal acetylenes is 1. The first-order valence-electron chi connectivity index (χ1n) is 6.45. The van der Waals surface area contributed by atoms with E-state index in [4.69, 9.17) is 20.0 Å². The van der Waals surface area contributed by atoms with Gasteiger partial charge in [0, 0.05) is 14.7 Å². The van der Waals surface area contributed by atoms with Crippen molar-refractivity contribution < 1.29 is 21.0 Å². The third-order valence-electron chi connectivity index (χ3n) is 2.33. The zero-order valence-corrected chi connectivity index (χ0v) is 12.8. The zero-order chi connectivity index (χ0) is 16.4. The minimum absolute atomic E-state index is 0. The van der Waals surface area contributed by atoms with E-state index in [2.05, 4.69) is 29.8 Å². The van der Waals surface area contributed by atoms with Gasteiger partial charge in [-0.3, -0.25) is 0 Å². The van der Waals surface area contributed by atoms with E-state index >= 15 is 0 Å². The summed E-state index contributed by atoms with van der Waals surface area (Å²) in [6.07, 6.45) is 7.13. The summed E-state index contributed by atoms with van der Waals surface area (Å²) >= 11 is 0. The second-order valence-corrected chi connectivity index (χ2v) is 5.41. The molecule has 0 amide bonds. The zero-order valence-electron chi connectivity index (χ0n) is 11.9. The minimum atomic E-state index is -4.00. The number of rotatable bonds is 5. The molecule has 0 aliphatic rings. The SMILES string of the molecule is C#CC#CC#COP(=O)(Oc1ccccc1)Oc1ccccc1.[HH].[HH]. The smallest absolute Gasteiger partial charge is 0.385 e. The summed E-state index contributed by atoms with van der Waals surface area (Å²) in [4.78, 5) is 0. The van der Waals surface area contributed by atoms with Crippen molar-refractivity contribution in [1.29, 1.82) is 0 Å². The van der Waals surface area contributed by atoms with Gasteiger partial charge in [0.1, 0.15) is 17.6 Å². The molecule has 0 saturated carbocycles. The topological polar surface area (TPSA) is 44.8 Å². The van der Waals surface area contributed by atoms with Crippen molar-refractivity contribution in [2.45, 2.75) is 0 Å². The largest absolute Gasteiger partial charge is 0.655 e. The monoisotopic (exact) mass is 326 g/mol. The van der Waals surface area contributed by atoms with Crippen molar-refractivity contribution in [3.8, 4) is 47.7 Å². The lowest BCUT2D eigenvalue weighted by Crippen LogP contribution is -2.02. The maximum absolute atomic E-state index is 12.7. The first kappa shape index (κ1) is 16.1. The molecule has 2 aromatic rings. The maximum atomic E-state index is 12.7. The van der Waals surface area contributed by atoms with Crippen LogP contribution in [-0.4, -0.2) is 0 Å². The second-order valence-electron chi connectivity index (χ2n) is 3.97. The van der Waals surface area contributed by atoms with Crippen LogP contribution < -0.4 is 9.05 Å². The van der Waals surface area contributed by atoms with Gasteiger partial charge in [-0.1, -0.05) is 36.4 Å². The fourth-order valence-corrected chi connectivity index (χ4v) is 2.48. The van der Waals surface area contributed by atoms with Crippen LogP contribution in [0.25, 0.3) is 0 Å². The molecule has 0 spiro atoms. The van der Waals surface area contributed by atoms with Gasteiger partial charge in [-0.2, -0.15) is 4.57 Å². The fraction of sp³-hybridized carbons (Fsp3) is 0. The van der Waals surface area contributed by atoms with Crippen LogP contribution in [-0.2, 0) is 9.09 Å². The number of para-hydroxylation sites is 2. The molecule has 0 fully saturated rings. The maximum Gasteiger partial charge on any atom is 0.655 e. The molecule has 0 saturated heterocycles. The van der Waals surface area contributed by atoms with Gasteiger partial charge in [-0.15, -0.1) is 6.42 Å². The molecule has 2 rings (SSSR count). The predicted octanol–water partition coefficient (Wildman–Crippen LogP) is 4.36. The highest BCUT2D eigenvalue weighted by Gasteiger charge is 2.32. The van der Waals surface area contributed by atoms with E-state index in [1.165, 1.54) is 0 Å². The average molecular weight is 326 g/mol. The minimum Gasteiger partial charge on any atom is -0.385 e. The molecule has 0 aliphatic carbocycles. The molecule has 0 heterocycles. The lowest BCUT2D eigenvalue weighted by molar-refractivity contribution is 0.284. The Labute approximate surface area is 138 Å². The summed E-state index contributed by atoms with van der Waals surface area (Å²) in [6, 6.07) is 17.0. The summed E-state index contributed by atoms with van der Waals surface area (Å²) < 4.78 is 28.4. The molecule has 0 atom stereocenters. The quantitative estimate of drug-likeness (QED) is 0.605. The van der Waals surface area contributed by atoms with Gasteiger partial charge >= 0.3 is 7.82 Å². The Morgan fingerprint density at radius 1 is 0.826 bits per heavy atom. The Balaban J connectivity index is 0.00000288. The van der Waals surface area contributed by atoms with Gasteiger partial charge in [-0.05, 0) is 36.1 Å². The predicted molar refractivity (Wildman–Crippen MR) is 91.4 cm³/mol. The fourth-order valence-electron chi connectivity index (χ4n) is 1.45. The number of phosphoric ester groups is 1. The van der Waals surface area contributed by atoms with E-state index < -0.39 is 7.82 Å². The Morgan fingerprint density at radius 2 is 1.35 bits per heavy atom. The van der Waals surface area contributed by atoms with Crippen molar-refractivity contribution in [3.63, 3.8) is 0 Å². The van der Waals surface area contributed by atoms with Crippen molar-refractivity contribution in [2.75, 3.05) is 0 Å². The van der Waals surface area contributed by atoms with E-state index in [0.29, 0.717) is 11.5 Å². The average Bonchev–Trinajstić information content (AvgIpc) is 2.56. The van der Waals surface area contributed by atoms with Crippen LogP contribution in [0.5, 0.6) is 11.5 Å². The molecule has 0 bridgehead atoms. The van der Waals surface area contributed by atoms with E-state index in [0.717, 1.165) is 0 Å². The Bertz CT molecular complexity index is 811. The Morgan fingerprint density at radius 3 is 1.83 bits per heavy atom. The highest BCUT2D eigenvalue weighted by molar-refractivity contribution is 7.49. The summed E-state index contributed by atoms with van der Waals surface area (Å²) in [5.41, 5.74) is 0. The van der Waals surface area contributed by atoms with Crippen LogP contribution in [0.1, 0.15) is 2.85 Å². The highest BCUT2D eigenvalue weighted by Crippen LogP contribution is 2.49.